The molecule has 2 aromatic rings. The highest BCUT2D eigenvalue weighted by Gasteiger charge is 2.10. The molecule has 108 valence electrons. The van der Waals surface area contributed by atoms with Crippen molar-refractivity contribution in [2.24, 2.45) is 0 Å². The minimum absolute atomic E-state index is 0.320. The van der Waals surface area contributed by atoms with Crippen LogP contribution in [-0.4, -0.2) is 23.5 Å². The van der Waals surface area contributed by atoms with Crippen molar-refractivity contribution in [2.45, 2.75) is 13.3 Å². The summed E-state index contributed by atoms with van der Waals surface area (Å²) in [6, 6.07) is 10.6. The highest BCUT2D eigenvalue weighted by molar-refractivity contribution is 5.95. The molecule has 0 radical (unpaired) electrons. The Kier molecular flexibility index (Phi) is 5.04. The van der Waals surface area contributed by atoms with Crippen LogP contribution >= 0.6 is 0 Å². The number of esters is 1. The first-order chi connectivity index (χ1) is 10.2. The van der Waals surface area contributed by atoms with E-state index < -0.39 is 5.97 Å². The van der Waals surface area contributed by atoms with Crippen LogP contribution in [-0.2, 0) is 16.0 Å². The summed E-state index contributed by atoms with van der Waals surface area (Å²) in [5, 5.41) is 2.74. The zero-order valence-electron chi connectivity index (χ0n) is 11.7. The van der Waals surface area contributed by atoms with E-state index in [9.17, 15) is 9.59 Å². The molecule has 0 unspecified atom stereocenters. The first-order valence-electron chi connectivity index (χ1n) is 6.65. The van der Waals surface area contributed by atoms with Crippen molar-refractivity contribution in [3.05, 3.63) is 59.9 Å². The van der Waals surface area contributed by atoms with Crippen LogP contribution in [0.15, 0.2) is 48.8 Å². The maximum absolute atomic E-state index is 11.8. The van der Waals surface area contributed by atoms with Gasteiger partial charge < -0.3 is 10.1 Å². The van der Waals surface area contributed by atoms with Crippen molar-refractivity contribution in [3.8, 4) is 0 Å². The number of amides is 1. The SMILES string of the molecule is CCc1ccccc1NC(=O)COC(=O)c1ccncc1. The summed E-state index contributed by atoms with van der Waals surface area (Å²) >= 11 is 0. The molecule has 0 saturated heterocycles. The Labute approximate surface area is 123 Å². The second kappa shape index (κ2) is 7.19. The lowest BCUT2D eigenvalue weighted by atomic mass is 10.1. The van der Waals surface area contributed by atoms with Gasteiger partial charge in [0.1, 0.15) is 0 Å². The smallest absolute Gasteiger partial charge is 0.338 e. The van der Waals surface area contributed by atoms with E-state index in [4.69, 9.17) is 4.74 Å². The highest BCUT2D eigenvalue weighted by atomic mass is 16.5. The van der Waals surface area contributed by atoms with Gasteiger partial charge in [0.15, 0.2) is 6.61 Å². The number of pyridine rings is 1. The van der Waals surface area contributed by atoms with Crippen molar-refractivity contribution in [1.82, 2.24) is 4.98 Å². The molecule has 0 atom stereocenters. The highest BCUT2D eigenvalue weighted by Crippen LogP contribution is 2.15. The minimum atomic E-state index is -0.545. The van der Waals surface area contributed by atoms with Crippen molar-refractivity contribution in [1.29, 1.82) is 0 Å². The number of anilines is 1. The van der Waals surface area contributed by atoms with Crippen LogP contribution in [0.2, 0.25) is 0 Å². The van der Waals surface area contributed by atoms with Crippen molar-refractivity contribution < 1.29 is 14.3 Å². The average molecular weight is 284 g/mol. The Morgan fingerprint density at radius 2 is 1.86 bits per heavy atom. The lowest BCUT2D eigenvalue weighted by Crippen LogP contribution is -2.21. The third-order valence-electron chi connectivity index (χ3n) is 2.92. The van der Waals surface area contributed by atoms with E-state index >= 15 is 0 Å². The topological polar surface area (TPSA) is 68.3 Å². The fraction of sp³-hybridized carbons (Fsp3) is 0.188. The first kappa shape index (κ1) is 14.7. The zero-order chi connectivity index (χ0) is 15.1. The second-order valence-electron chi connectivity index (χ2n) is 4.37. The van der Waals surface area contributed by atoms with Crippen LogP contribution in [0.4, 0.5) is 5.69 Å². The van der Waals surface area contributed by atoms with Gasteiger partial charge >= 0.3 is 5.97 Å². The third kappa shape index (κ3) is 4.14. The van der Waals surface area contributed by atoms with Crippen LogP contribution in [0, 0.1) is 0 Å². The molecule has 0 aliphatic carbocycles. The molecule has 1 N–H and O–H groups in total. The second-order valence-corrected chi connectivity index (χ2v) is 4.37. The van der Waals surface area contributed by atoms with Gasteiger partial charge in [0.25, 0.3) is 5.91 Å². The summed E-state index contributed by atoms with van der Waals surface area (Å²) in [7, 11) is 0. The van der Waals surface area contributed by atoms with Crippen LogP contribution in [0.1, 0.15) is 22.8 Å². The molecule has 1 amide bonds. The van der Waals surface area contributed by atoms with Gasteiger partial charge in [0.2, 0.25) is 0 Å². The molecule has 1 aromatic carbocycles. The normalized spacial score (nSPS) is 9.95. The predicted molar refractivity (Wildman–Crippen MR) is 79.0 cm³/mol. The van der Waals surface area contributed by atoms with E-state index in [2.05, 4.69) is 10.3 Å². The van der Waals surface area contributed by atoms with Crippen LogP contribution in [0.3, 0.4) is 0 Å². The van der Waals surface area contributed by atoms with Crippen LogP contribution in [0.25, 0.3) is 0 Å². The van der Waals surface area contributed by atoms with Gasteiger partial charge in [0, 0.05) is 18.1 Å². The number of nitrogens with one attached hydrogen (secondary N) is 1. The van der Waals surface area contributed by atoms with Gasteiger partial charge in [-0.25, -0.2) is 4.79 Å². The standard InChI is InChI=1S/C16H16N2O3/c1-2-12-5-3-4-6-14(12)18-15(19)11-21-16(20)13-7-9-17-10-8-13/h3-10H,2,11H2,1H3,(H,18,19). The lowest BCUT2D eigenvalue weighted by Gasteiger charge is -2.10. The molecule has 21 heavy (non-hydrogen) atoms. The van der Waals surface area contributed by atoms with Crippen molar-refractivity contribution in [2.75, 3.05) is 11.9 Å². The maximum Gasteiger partial charge on any atom is 0.338 e. The molecule has 0 aliphatic heterocycles. The summed E-state index contributed by atoms with van der Waals surface area (Å²) < 4.78 is 4.96. The summed E-state index contributed by atoms with van der Waals surface area (Å²) in [5.74, 6) is -0.908. The van der Waals surface area contributed by atoms with E-state index in [-0.39, 0.29) is 12.5 Å². The number of aromatic nitrogens is 1. The van der Waals surface area contributed by atoms with E-state index in [1.165, 1.54) is 24.5 Å². The Morgan fingerprint density at radius 1 is 1.14 bits per heavy atom. The number of hydrogen-bond donors (Lipinski definition) is 1. The number of nitrogens with zero attached hydrogens (tertiary/aromatic N) is 1. The molecule has 0 spiro atoms. The first-order valence-corrected chi connectivity index (χ1v) is 6.65. The molecule has 0 saturated carbocycles. The van der Waals surface area contributed by atoms with Crippen molar-refractivity contribution in [3.63, 3.8) is 0 Å². The monoisotopic (exact) mass is 284 g/mol. The van der Waals surface area contributed by atoms with E-state index in [1.807, 2.05) is 31.2 Å². The average Bonchev–Trinajstić information content (AvgIpc) is 2.54. The van der Waals surface area contributed by atoms with E-state index in [1.54, 1.807) is 0 Å². The summed E-state index contributed by atoms with van der Waals surface area (Å²) in [6.07, 6.45) is 3.80. The van der Waals surface area contributed by atoms with Gasteiger partial charge in [-0.3, -0.25) is 9.78 Å². The Bertz CT molecular complexity index is 626. The molecule has 5 heteroatoms. The van der Waals surface area contributed by atoms with Gasteiger partial charge in [-0.2, -0.15) is 0 Å². The molecule has 0 bridgehead atoms. The van der Waals surface area contributed by atoms with Gasteiger partial charge in [-0.05, 0) is 30.2 Å². The number of hydrogen-bond acceptors (Lipinski definition) is 4. The molecule has 5 nitrogen and oxygen atoms in total. The third-order valence-corrected chi connectivity index (χ3v) is 2.92. The molecule has 1 heterocycles. The molecular weight excluding hydrogens is 268 g/mol. The van der Waals surface area contributed by atoms with Gasteiger partial charge in [0.05, 0.1) is 5.56 Å². The molecule has 2 rings (SSSR count). The molecule has 1 aromatic heterocycles. The number of ether oxygens (including phenoxy) is 1. The van der Waals surface area contributed by atoms with E-state index in [0.29, 0.717) is 5.56 Å². The molecular formula is C16H16N2O3. The number of carbonyl (C=O) groups excluding carboxylic acids is 2. The number of aryl methyl sites for hydroxylation is 1. The largest absolute Gasteiger partial charge is 0.452 e. The Morgan fingerprint density at radius 3 is 2.57 bits per heavy atom. The van der Waals surface area contributed by atoms with Crippen LogP contribution < -0.4 is 5.32 Å². The Hall–Kier alpha value is -2.69. The Balaban J connectivity index is 1.89. The summed E-state index contributed by atoms with van der Waals surface area (Å²) in [4.78, 5) is 27.3. The maximum atomic E-state index is 11.8. The molecule has 0 aliphatic rings. The summed E-state index contributed by atoms with van der Waals surface area (Å²) in [5.41, 5.74) is 2.14. The van der Waals surface area contributed by atoms with Gasteiger partial charge in [-0.1, -0.05) is 25.1 Å². The molecule has 0 fully saturated rings. The minimum Gasteiger partial charge on any atom is -0.452 e. The van der Waals surface area contributed by atoms with Gasteiger partial charge in [-0.15, -0.1) is 0 Å². The van der Waals surface area contributed by atoms with E-state index in [0.717, 1.165) is 17.7 Å². The number of para-hydroxylation sites is 1. The zero-order valence-corrected chi connectivity index (χ0v) is 11.7. The fourth-order valence-electron chi connectivity index (χ4n) is 1.84. The number of benzene rings is 1. The predicted octanol–water partition coefficient (Wildman–Crippen LogP) is 2.44. The lowest BCUT2D eigenvalue weighted by molar-refractivity contribution is -0.119. The van der Waals surface area contributed by atoms with Crippen LogP contribution in [0.5, 0.6) is 0 Å². The number of rotatable bonds is 5. The summed E-state index contributed by atoms with van der Waals surface area (Å²) in [6.45, 7) is 1.69. The number of carbonyl (C=O) groups is 2. The van der Waals surface area contributed by atoms with Crippen molar-refractivity contribution >= 4 is 17.6 Å². The quantitative estimate of drug-likeness (QED) is 0.856. The fourth-order valence-corrected chi connectivity index (χ4v) is 1.84.